The third kappa shape index (κ3) is 7.43. The zero-order chi connectivity index (χ0) is 43.0. The molecular formula is C43H72O15. The summed E-state index contributed by atoms with van der Waals surface area (Å²) in [6, 6.07) is 0. The van der Waals surface area contributed by atoms with Crippen molar-refractivity contribution in [3.63, 3.8) is 0 Å². The number of hydrogen-bond acceptors (Lipinski definition) is 15. The standard InChI is InChI=1S/C43H72O15/c1-22(19-44)10-9-14-40(6,52)27-11-16-41(7)42(8)26(12-17-43(27,41)53)39(5)15-13-30(38(3,4)28(39)18-29(42)47)57-37-35(58-36-34(51)31(48)24(46)20-55-36)33(50)32(49)25(56-37)21-54-23(2)45/h10,24-37,44,46-53H,9,11-21H2,1-8H3/b22-10+/t24-,25+,26+,27+,28-,29-,30-,31-,32+,33-,34+,35+,36-,37-,39+,40-,41-,42-,43-/m0/s1. The van der Waals surface area contributed by atoms with E-state index in [2.05, 4.69) is 34.6 Å². The Balaban J connectivity index is 1.25. The lowest BCUT2D eigenvalue weighted by Crippen LogP contribution is -2.73. The van der Waals surface area contributed by atoms with Gasteiger partial charge in [-0.2, -0.15) is 0 Å². The molecule has 0 aromatic heterocycles. The molecule has 6 fully saturated rings. The van der Waals surface area contributed by atoms with Gasteiger partial charge in [0.15, 0.2) is 12.6 Å². The lowest BCUT2D eigenvalue weighted by molar-refractivity contribution is -0.372. The molecule has 0 amide bonds. The van der Waals surface area contributed by atoms with E-state index in [1.807, 2.05) is 19.9 Å². The Morgan fingerprint density at radius 2 is 1.55 bits per heavy atom. The smallest absolute Gasteiger partial charge is 0.302 e. The molecule has 6 rings (SSSR count). The van der Waals surface area contributed by atoms with Crippen molar-refractivity contribution < 1.29 is 74.4 Å². The van der Waals surface area contributed by atoms with Crippen LogP contribution in [0.15, 0.2) is 11.6 Å². The molecule has 4 aliphatic carbocycles. The summed E-state index contributed by atoms with van der Waals surface area (Å²) in [5.41, 5.74) is -3.79. The Bertz CT molecular complexity index is 1510. The second-order valence-electron chi connectivity index (χ2n) is 20.3. The zero-order valence-electron chi connectivity index (χ0n) is 35.6. The average Bonchev–Trinajstić information content (AvgIpc) is 3.45. The number of fused-ring (bicyclic) bond motifs is 5. The van der Waals surface area contributed by atoms with Crippen LogP contribution in [0.3, 0.4) is 0 Å². The normalized spacial score (nSPS) is 50.3. The molecule has 15 nitrogen and oxygen atoms in total. The van der Waals surface area contributed by atoms with Crippen LogP contribution >= 0.6 is 0 Å². The Labute approximate surface area is 342 Å². The van der Waals surface area contributed by atoms with Crippen molar-refractivity contribution in [1.82, 2.24) is 0 Å². The van der Waals surface area contributed by atoms with Crippen molar-refractivity contribution >= 4 is 5.97 Å². The maximum atomic E-state index is 12.9. The van der Waals surface area contributed by atoms with Gasteiger partial charge in [0.25, 0.3) is 0 Å². The summed E-state index contributed by atoms with van der Waals surface area (Å²) in [6.45, 7) is 14.9. The van der Waals surface area contributed by atoms with Gasteiger partial charge in [0.1, 0.15) is 49.3 Å². The molecule has 2 aliphatic heterocycles. The maximum absolute atomic E-state index is 12.9. The third-order valence-corrected chi connectivity index (χ3v) is 16.9. The first-order valence-electron chi connectivity index (χ1n) is 21.4. The van der Waals surface area contributed by atoms with Crippen molar-refractivity contribution in [3.8, 4) is 0 Å². The van der Waals surface area contributed by atoms with Crippen molar-refractivity contribution in [1.29, 1.82) is 0 Å². The minimum atomic E-state index is -1.69. The molecule has 0 aromatic rings. The quantitative estimate of drug-likeness (QED) is 0.0813. The minimum absolute atomic E-state index is 0.0249. The van der Waals surface area contributed by atoms with Crippen LogP contribution in [0.5, 0.6) is 0 Å². The van der Waals surface area contributed by atoms with Crippen LogP contribution in [0.25, 0.3) is 0 Å². The number of aliphatic hydroxyl groups is 9. The van der Waals surface area contributed by atoms with E-state index in [1.165, 1.54) is 6.92 Å². The van der Waals surface area contributed by atoms with Gasteiger partial charge < -0.3 is 69.6 Å². The fraction of sp³-hybridized carbons (Fsp3) is 0.930. The number of allylic oxidation sites excluding steroid dienone is 1. The van der Waals surface area contributed by atoms with Gasteiger partial charge in [0, 0.05) is 23.7 Å². The molecule has 0 bridgehead atoms. The lowest BCUT2D eigenvalue weighted by Gasteiger charge is -2.72. The molecule has 4 saturated carbocycles. The summed E-state index contributed by atoms with van der Waals surface area (Å²) in [5.74, 6) is -1.05. The van der Waals surface area contributed by atoms with Gasteiger partial charge in [-0.05, 0) is 94.3 Å². The number of rotatable bonds is 11. The Kier molecular flexibility index (Phi) is 13.1. The molecule has 0 spiro atoms. The Morgan fingerprint density at radius 1 is 0.862 bits per heavy atom. The van der Waals surface area contributed by atoms with Gasteiger partial charge in [-0.15, -0.1) is 0 Å². The van der Waals surface area contributed by atoms with E-state index in [1.54, 1.807) is 0 Å². The summed E-state index contributed by atoms with van der Waals surface area (Å²) in [5, 5.41) is 100. The van der Waals surface area contributed by atoms with Crippen LogP contribution in [-0.2, 0) is 28.5 Å². The highest BCUT2D eigenvalue weighted by atomic mass is 16.8. The van der Waals surface area contributed by atoms with Crippen molar-refractivity contribution in [2.75, 3.05) is 19.8 Å². The minimum Gasteiger partial charge on any atom is -0.463 e. The largest absolute Gasteiger partial charge is 0.463 e. The number of ether oxygens (including phenoxy) is 5. The first kappa shape index (κ1) is 46.2. The molecule has 9 N–H and O–H groups in total. The fourth-order valence-electron chi connectivity index (χ4n) is 13.3. The number of carbonyl (C=O) groups is 1. The Hall–Kier alpha value is -1.31. The molecular weight excluding hydrogens is 756 g/mol. The summed E-state index contributed by atoms with van der Waals surface area (Å²) < 4.78 is 29.6. The van der Waals surface area contributed by atoms with Gasteiger partial charge in [0.05, 0.1) is 36.6 Å². The van der Waals surface area contributed by atoms with Crippen LogP contribution in [0.4, 0.5) is 0 Å². The third-order valence-electron chi connectivity index (χ3n) is 16.9. The van der Waals surface area contributed by atoms with E-state index in [-0.39, 0.29) is 43.0 Å². The second-order valence-corrected chi connectivity index (χ2v) is 20.3. The topological polar surface area (TPSA) is 245 Å². The second kappa shape index (κ2) is 16.4. The van der Waals surface area contributed by atoms with Gasteiger partial charge >= 0.3 is 5.97 Å². The molecule has 0 aromatic carbocycles. The average molecular weight is 829 g/mol. The highest BCUT2D eigenvalue weighted by molar-refractivity contribution is 5.65. The van der Waals surface area contributed by atoms with E-state index >= 15 is 0 Å². The van der Waals surface area contributed by atoms with E-state index in [4.69, 9.17) is 23.7 Å². The molecule has 0 unspecified atom stereocenters. The summed E-state index contributed by atoms with van der Waals surface area (Å²) in [4.78, 5) is 11.7. The molecule has 2 saturated heterocycles. The van der Waals surface area contributed by atoms with E-state index in [0.717, 1.165) is 5.57 Å². The van der Waals surface area contributed by atoms with Crippen LogP contribution in [0, 0.1) is 39.4 Å². The van der Waals surface area contributed by atoms with E-state index in [0.29, 0.717) is 57.8 Å². The molecule has 6 aliphatic rings. The van der Waals surface area contributed by atoms with Crippen LogP contribution in [-0.4, -0.2) is 150 Å². The van der Waals surface area contributed by atoms with E-state index in [9.17, 15) is 50.8 Å². The zero-order valence-corrected chi connectivity index (χ0v) is 35.6. The molecule has 19 atom stereocenters. The number of carbonyl (C=O) groups excluding carboxylic acids is 1. The van der Waals surface area contributed by atoms with Crippen molar-refractivity contribution in [2.45, 2.75) is 192 Å². The van der Waals surface area contributed by atoms with E-state index < -0.39 is 101 Å². The fourth-order valence-corrected chi connectivity index (χ4v) is 13.3. The first-order valence-corrected chi connectivity index (χ1v) is 21.4. The van der Waals surface area contributed by atoms with Gasteiger partial charge in [0.2, 0.25) is 0 Å². The molecule has 334 valence electrons. The monoisotopic (exact) mass is 828 g/mol. The predicted molar refractivity (Wildman–Crippen MR) is 207 cm³/mol. The van der Waals surface area contributed by atoms with Crippen LogP contribution in [0.2, 0.25) is 0 Å². The maximum Gasteiger partial charge on any atom is 0.302 e. The molecule has 58 heavy (non-hydrogen) atoms. The number of hydrogen-bond donors (Lipinski definition) is 9. The van der Waals surface area contributed by atoms with Crippen molar-refractivity contribution in [3.05, 3.63) is 11.6 Å². The van der Waals surface area contributed by atoms with Gasteiger partial charge in [-0.25, -0.2) is 0 Å². The summed E-state index contributed by atoms with van der Waals surface area (Å²) >= 11 is 0. The SMILES string of the molecule is CC(=O)OC[C@H]1O[C@@H](O[C@H]2CC[C@]3(C)[C@H]4CC[C@]5(O)[C@@H]([C@@](C)(O)CC/C=C(\C)CO)CC[C@@]5(C)[C@]4(C)[C@@H](O)C[C@H]3C2(C)C)[C@H](O[C@@H]2OC[C@H](O)[C@H](O)[C@H]2O)[C@@H](O)[C@@H]1O. The van der Waals surface area contributed by atoms with Gasteiger partial charge in [-0.1, -0.05) is 46.3 Å². The molecule has 0 radical (unpaired) electrons. The summed E-state index contributed by atoms with van der Waals surface area (Å²) in [7, 11) is 0. The highest BCUT2D eigenvalue weighted by Crippen LogP contribution is 2.77. The first-order chi connectivity index (χ1) is 26.9. The molecule has 2 heterocycles. The number of esters is 1. The highest BCUT2D eigenvalue weighted by Gasteiger charge is 2.76. The molecule has 15 heteroatoms. The predicted octanol–water partition coefficient (Wildman–Crippen LogP) is 1.45. The van der Waals surface area contributed by atoms with Crippen LogP contribution in [0.1, 0.15) is 113 Å². The van der Waals surface area contributed by atoms with Crippen molar-refractivity contribution in [2.24, 2.45) is 39.4 Å². The number of aliphatic hydroxyl groups excluding tert-OH is 7. The summed E-state index contributed by atoms with van der Waals surface area (Å²) in [6.07, 6.45) is -7.60. The van der Waals surface area contributed by atoms with Crippen LogP contribution < -0.4 is 0 Å². The lowest BCUT2D eigenvalue weighted by atomic mass is 9.34. The Morgan fingerprint density at radius 3 is 2.21 bits per heavy atom. The van der Waals surface area contributed by atoms with Gasteiger partial charge in [-0.3, -0.25) is 4.79 Å².